The van der Waals surface area contributed by atoms with Gasteiger partial charge in [-0.05, 0) is 45.0 Å². The smallest absolute Gasteiger partial charge is 0.308 e. The van der Waals surface area contributed by atoms with E-state index in [1.807, 2.05) is 45.2 Å². The minimum Gasteiger partial charge on any atom is -0.460 e. The topological polar surface area (TPSA) is 62.4 Å². The molecule has 5 heteroatoms. The van der Waals surface area contributed by atoms with Crippen LogP contribution in [0.5, 0.6) is 0 Å². The monoisotopic (exact) mass is 302 g/mol. The van der Waals surface area contributed by atoms with Crippen molar-refractivity contribution in [1.82, 2.24) is 9.88 Å². The number of H-pyrrole nitrogens is 1. The second-order valence-corrected chi connectivity index (χ2v) is 6.34. The van der Waals surface area contributed by atoms with E-state index in [-0.39, 0.29) is 18.3 Å². The Balaban J connectivity index is 1.95. The number of hydrogen-bond donors (Lipinski definition) is 1. The summed E-state index contributed by atoms with van der Waals surface area (Å²) in [6, 6.07) is 7.43. The number of carbonyl (C=O) groups is 2. The van der Waals surface area contributed by atoms with Gasteiger partial charge in [0.25, 0.3) is 5.91 Å². The first-order valence-corrected chi connectivity index (χ1v) is 7.31. The number of benzene rings is 1. The van der Waals surface area contributed by atoms with Crippen molar-refractivity contribution in [2.75, 3.05) is 13.6 Å². The highest BCUT2D eigenvalue weighted by molar-refractivity contribution is 5.98. The van der Waals surface area contributed by atoms with Crippen molar-refractivity contribution in [3.05, 3.63) is 36.0 Å². The molecule has 1 aromatic carbocycles. The molecular weight excluding hydrogens is 280 g/mol. The molecule has 1 aromatic heterocycles. The number of hydrogen-bond acceptors (Lipinski definition) is 3. The zero-order chi connectivity index (χ0) is 16.3. The third-order valence-electron chi connectivity index (χ3n) is 3.22. The van der Waals surface area contributed by atoms with Gasteiger partial charge in [-0.2, -0.15) is 0 Å². The molecule has 0 saturated heterocycles. The van der Waals surface area contributed by atoms with Gasteiger partial charge >= 0.3 is 5.97 Å². The van der Waals surface area contributed by atoms with Crippen LogP contribution in [0.15, 0.2) is 30.5 Å². The Labute approximate surface area is 130 Å². The van der Waals surface area contributed by atoms with E-state index in [0.29, 0.717) is 12.1 Å². The van der Waals surface area contributed by atoms with Crippen LogP contribution in [0.3, 0.4) is 0 Å². The van der Waals surface area contributed by atoms with Gasteiger partial charge in [-0.1, -0.05) is 0 Å². The SMILES string of the molecule is CN(CCC(=O)OC(C)(C)C)C(=O)c1ccc2[nH]ccc2c1. The highest BCUT2D eigenvalue weighted by Gasteiger charge is 2.18. The Kier molecular flexibility index (Phi) is 4.54. The highest BCUT2D eigenvalue weighted by atomic mass is 16.6. The summed E-state index contributed by atoms with van der Waals surface area (Å²) in [5, 5.41) is 0.992. The van der Waals surface area contributed by atoms with E-state index in [1.165, 1.54) is 4.90 Å². The highest BCUT2D eigenvalue weighted by Crippen LogP contribution is 2.16. The van der Waals surface area contributed by atoms with Crippen LogP contribution < -0.4 is 0 Å². The summed E-state index contributed by atoms with van der Waals surface area (Å²) in [4.78, 5) is 28.7. The van der Waals surface area contributed by atoms with E-state index < -0.39 is 5.60 Å². The number of ether oxygens (including phenoxy) is 1. The molecule has 0 atom stereocenters. The normalized spacial score (nSPS) is 11.5. The predicted molar refractivity (Wildman–Crippen MR) is 85.7 cm³/mol. The molecule has 0 aliphatic heterocycles. The summed E-state index contributed by atoms with van der Waals surface area (Å²) in [7, 11) is 1.69. The predicted octanol–water partition coefficient (Wildman–Crippen LogP) is 2.97. The van der Waals surface area contributed by atoms with Crippen molar-refractivity contribution in [3.63, 3.8) is 0 Å². The summed E-state index contributed by atoms with van der Waals surface area (Å²) >= 11 is 0. The molecule has 1 amide bonds. The van der Waals surface area contributed by atoms with Gasteiger partial charge in [-0.15, -0.1) is 0 Å². The molecule has 1 heterocycles. The molecule has 5 nitrogen and oxygen atoms in total. The lowest BCUT2D eigenvalue weighted by Gasteiger charge is -2.21. The van der Waals surface area contributed by atoms with Crippen LogP contribution >= 0.6 is 0 Å². The lowest BCUT2D eigenvalue weighted by molar-refractivity contribution is -0.154. The van der Waals surface area contributed by atoms with Gasteiger partial charge in [0.1, 0.15) is 5.60 Å². The molecule has 0 spiro atoms. The number of carbonyl (C=O) groups excluding carboxylic acids is 2. The van der Waals surface area contributed by atoms with Crippen molar-refractivity contribution in [2.24, 2.45) is 0 Å². The Bertz CT molecular complexity index is 683. The van der Waals surface area contributed by atoms with Crippen molar-refractivity contribution < 1.29 is 14.3 Å². The summed E-state index contributed by atoms with van der Waals surface area (Å²) in [5.41, 5.74) is 1.10. The molecule has 2 aromatic rings. The van der Waals surface area contributed by atoms with Crippen LogP contribution in [0.4, 0.5) is 0 Å². The maximum Gasteiger partial charge on any atom is 0.308 e. The second-order valence-electron chi connectivity index (χ2n) is 6.34. The zero-order valence-corrected chi connectivity index (χ0v) is 13.5. The standard InChI is InChI=1S/C17H22N2O3/c1-17(2,3)22-15(20)8-10-19(4)16(21)13-5-6-14-12(11-13)7-9-18-14/h5-7,9,11,18H,8,10H2,1-4H3. The number of nitrogens with zero attached hydrogens (tertiary/aromatic N) is 1. The van der Waals surface area contributed by atoms with Crippen LogP contribution in [0.25, 0.3) is 10.9 Å². The quantitative estimate of drug-likeness (QED) is 0.883. The van der Waals surface area contributed by atoms with Gasteiger partial charge in [0.15, 0.2) is 0 Å². The molecular formula is C17H22N2O3. The number of rotatable bonds is 4. The lowest BCUT2D eigenvalue weighted by atomic mass is 10.1. The third-order valence-corrected chi connectivity index (χ3v) is 3.22. The lowest BCUT2D eigenvalue weighted by Crippen LogP contribution is -2.31. The average molecular weight is 302 g/mol. The van der Waals surface area contributed by atoms with E-state index in [2.05, 4.69) is 4.98 Å². The number of amides is 1. The van der Waals surface area contributed by atoms with Gasteiger partial charge in [0.2, 0.25) is 0 Å². The zero-order valence-electron chi connectivity index (χ0n) is 13.5. The molecule has 22 heavy (non-hydrogen) atoms. The largest absolute Gasteiger partial charge is 0.460 e. The minimum atomic E-state index is -0.501. The fraction of sp³-hybridized carbons (Fsp3) is 0.412. The van der Waals surface area contributed by atoms with Crippen LogP contribution in [-0.4, -0.2) is 41.0 Å². The summed E-state index contributed by atoms with van der Waals surface area (Å²) in [5.74, 6) is -0.403. The van der Waals surface area contributed by atoms with Crippen LogP contribution in [-0.2, 0) is 9.53 Å². The fourth-order valence-electron chi connectivity index (χ4n) is 2.16. The second kappa shape index (κ2) is 6.22. The van der Waals surface area contributed by atoms with Crippen molar-refractivity contribution in [3.8, 4) is 0 Å². The number of aromatic nitrogens is 1. The first-order valence-electron chi connectivity index (χ1n) is 7.31. The Hall–Kier alpha value is -2.30. The number of nitrogens with one attached hydrogen (secondary N) is 1. The van der Waals surface area contributed by atoms with Crippen molar-refractivity contribution in [2.45, 2.75) is 32.8 Å². The van der Waals surface area contributed by atoms with Gasteiger partial charge < -0.3 is 14.6 Å². The summed E-state index contributed by atoms with van der Waals surface area (Å²) in [6.45, 7) is 5.81. The van der Waals surface area contributed by atoms with Crippen molar-refractivity contribution >= 4 is 22.8 Å². The summed E-state index contributed by atoms with van der Waals surface area (Å²) < 4.78 is 5.24. The number of aromatic amines is 1. The van der Waals surface area contributed by atoms with Gasteiger partial charge in [0, 0.05) is 36.3 Å². The summed E-state index contributed by atoms with van der Waals surface area (Å²) in [6.07, 6.45) is 2.02. The molecule has 0 aliphatic rings. The van der Waals surface area contributed by atoms with Crippen LogP contribution in [0.2, 0.25) is 0 Å². The molecule has 118 valence electrons. The van der Waals surface area contributed by atoms with Gasteiger partial charge in [-0.25, -0.2) is 0 Å². The van der Waals surface area contributed by atoms with E-state index >= 15 is 0 Å². The van der Waals surface area contributed by atoms with Gasteiger partial charge in [-0.3, -0.25) is 9.59 Å². The van der Waals surface area contributed by atoms with E-state index in [1.54, 1.807) is 13.1 Å². The van der Waals surface area contributed by atoms with Gasteiger partial charge in [0.05, 0.1) is 6.42 Å². The Morgan fingerprint density at radius 1 is 1.23 bits per heavy atom. The first kappa shape index (κ1) is 16.1. The Morgan fingerprint density at radius 2 is 1.95 bits per heavy atom. The van der Waals surface area contributed by atoms with Crippen molar-refractivity contribution in [1.29, 1.82) is 0 Å². The maximum absolute atomic E-state index is 12.4. The van der Waals surface area contributed by atoms with E-state index in [0.717, 1.165) is 10.9 Å². The third kappa shape index (κ3) is 4.10. The van der Waals surface area contributed by atoms with E-state index in [9.17, 15) is 9.59 Å². The molecule has 0 radical (unpaired) electrons. The maximum atomic E-state index is 12.4. The fourth-order valence-corrected chi connectivity index (χ4v) is 2.16. The Morgan fingerprint density at radius 3 is 2.64 bits per heavy atom. The molecule has 2 rings (SSSR count). The van der Waals surface area contributed by atoms with Crippen LogP contribution in [0.1, 0.15) is 37.6 Å². The molecule has 0 unspecified atom stereocenters. The minimum absolute atomic E-state index is 0.105. The molecule has 0 saturated carbocycles. The first-order chi connectivity index (χ1) is 10.3. The van der Waals surface area contributed by atoms with E-state index in [4.69, 9.17) is 4.74 Å². The molecule has 1 N–H and O–H groups in total. The molecule has 0 fully saturated rings. The average Bonchev–Trinajstić information content (AvgIpc) is 2.89. The molecule has 0 aliphatic carbocycles. The van der Waals surface area contributed by atoms with Crippen LogP contribution in [0, 0.1) is 0 Å². The number of esters is 1. The molecule has 0 bridgehead atoms. The number of fused-ring (bicyclic) bond motifs is 1.